The molecule has 0 radical (unpaired) electrons. The molecule has 1 amide bonds. The van der Waals surface area contributed by atoms with Gasteiger partial charge >= 0.3 is 5.97 Å². The van der Waals surface area contributed by atoms with Gasteiger partial charge in [-0.25, -0.2) is 0 Å². The standard InChI is InChI=1S/C22H23NO5/c1-3-27-19-10-8-18(9-11-19)23-13-17(12-21(23)25)22(26)28-14-20(24)16-6-4-15(2)5-7-16/h4-11,17H,3,12-14H2,1-2H3/t17-/m1/s1. The fourth-order valence-corrected chi connectivity index (χ4v) is 3.08. The molecule has 0 aliphatic carbocycles. The van der Waals surface area contributed by atoms with E-state index in [2.05, 4.69) is 0 Å². The van der Waals surface area contributed by atoms with Gasteiger partial charge < -0.3 is 14.4 Å². The zero-order valence-electron chi connectivity index (χ0n) is 16.0. The summed E-state index contributed by atoms with van der Waals surface area (Å²) in [5, 5.41) is 0. The lowest BCUT2D eigenvalue weighted by atomic mass is 10.1. The molecule has 0 N–H and O–H groups in total. The van der Waals surface area contributed by atoms with Gasteiger partial charge in [-0.15, -0.1) is 0 Å². The van der Waals surface area contributed by atoms with Crippen molar-refractivity contribution in [3.05, 3.63) is 59.7 Å². The van der Waals surface area contributed by atoms with E-state index in [-0.39, 0.29) is 31.3 Å². The van der Waals surface area contributed by atoms with E-state index in [0.29, 0.717) is 17.9 Å². The molecular formula is C22H23NO5. The van der Waals surface area contributed by atoms with Gasteiger partial charge in [-0.05, 0) is 38.1 Å². The van der Waals surface area contributed by atoms with Crippen molar-refractivity contribution in [2.45, 2.75) is 20.3 Å². The minimum atomic E-state index is -0.579. The molecule has 6 heteroatoms. The van der Waals surface area contributed by atoms with Crippen LogP contribution in [0.2, 0.25) is 0 Å². The van der Waals surface area contributed by atoms with Crippen molar-refractivity contribution in [1.82, 2.24) is 0 Å². The lowest BCUT2D eigenvalue weighted by molar-refractivity contribution is -0.147. The molecule has 1 fully saturated rings. The van der Waals surface area contributed by atoms with Crippen molar-refractivity contribution in [3.8, 4) is 5.75 Å². The molecule has 0 unspecified atom stereocenters. The van der Waals surface area contributed by atoms with Crippen LogP contribution in [0.15, 0.2) is 48.5 Å². The molecule has 0 saturated carbocycles. The number of carbonyl (C=O) groups excluding carboxylic acids is 3. The Morgan fingerprint density at radius 1 is 1.07 bits per heavy atom. The summed E-state index contributed by atoms with van der Waals surface area (Å²) in [6, 6.07) is 14.2. The van der Waals surface area contributed by atoms with Crippen molar-refractivity contribution in [2.75, 3.05) is 24.7 Å². The van der Waals surface area contributed by atoms with E-state index < -0.39 is 11.9 Å². The highest BCUT2D eigenvalue weighted by molar-refractivity contribution is 6.01. The zero-order valence-corrected chi connectivity index (χ0v) is 16.0. The molecule has 2 aromatic carbocycles. The number of hydrogen-bond donors (Lipinski definition) is 0. The summed E-state index contributed by atoms with van der Waals surface area (Å²) in [7, 11) is 0. The van der Waals surface area contributed by atoms with Gasteiger partial charge in [0.05, 0.1) is 12.5 Å². The first-order chi connectivity index (χ1) is 13.5. The van der Waals surface area contributed by atoms with E-state index in [0.717, 1.165) is 11.3 Å². The van der Waals surface area contributed by atoms with Crippen LogP contribution in [0, 0.1) is 12.8 Å². The molecule has 3 rings (SSSR count). The number of benzene rings is 2. The van der Waals surface area contributed by atoms with Gasteiger partial charge in [-0.3, -0.25) is 14.4 Å². The quantitative estimate of drug-likeness (QED) is 0.544. The minimum absolute atomic E-state index is 0.0742. The van der Waals surface area contributed by atoms with Gasteiger partial charge in [0.25, 0.3) is 0 Å². The first-order valence-corrected chi connectivity index (χ1v) is 9.27. The lowest BCUT2D eigenvalue weighted by Crippen LogP contribution is -2.27. The molecule has 1 atom stereocenters. The second-order valence-corrected chi connectivity index (χ2v) is 6.73. The van der Waals surface area contributed by atoms with Crippen LogP contribution in [0.4, 0.5) is 5.69 Å². The van der Waals surface area contributed by atoms with Gasteiger partial charge in [0.15, 0.2) is 12.4 Å². The summed E-state index contributed by atoms with van der Waals surface area (Å²) in [5.74, 6) is -0.785. The number of esters is 1. The number of aryl methyl sites for hydroxylation is 1. The molecule has 6 nitrogen and oxygen atoms in total. The number of rotatable bonds is 7. The number of Topliss-reactive ketones (excluding diaryl/α,β-unsaturated/α-hetero) is 1. The first kappa shape index (κ1) is 19.6. The summed E-state index contributed by atoms with van der Waals surface area (Å²) >= 11 is 0. The Labute approximate surface area is 164 Å². The first-order valence-electron chi connectivity index (χ1n) is 9.27. The average molecular weight is 381 g/mol. The Kier molecular flexibility index (Phi) is 6.09. The third kappa shape index (κ3) is 4.57. The van der Waals surface area contributed by atoms with E-state index in [4.69, 9.17) is 9.47 Å². The summed E-state index contributed by atoms with van der Waals surface area (Å²) in [4.78, 5) is 38.3. The van der Waals surface area contributed by atoms with Crippen LogP contribution in [-0.2, 0) is 14.3 Å². The highest BCUT2D eigenvalue weighted by atomic mass is 16.5. The molecule has 0 bridgehead atoms. The van der Waals surface area contributed by atoms with E-state index in [9.17, 15) is 14.4 Å². The van der Waals surface area contributed by atoms with Crippen molar-refractivity contribution in [3.63, 3.8) is 0 Å². The Bertz CT molecular complexity index is 858. The van der Waals surface area contributed by atoms with E-state index >= 15 is 0 Å². The number of carbonyl (C=O) groups is 3. The van der Waals surface area contributed by atoms with Crippen LogP contribution in [0.25, 0.3) is 0 Å². The molecule has 1 aliphatic rings. The normalized spacial score (nSPS) is 16.1. The molecule has 0 aromatic heterocycles. The third-order valence-corrected chi connectivity index (χ3v) is 4.64. The maximum Gasteiger partial charge on any atom is 0.311 e. The van der Waals surface area contributed by atoms with Crippen molar-refractivity contribution >= 4 is 23.3 Å². The number of anilines is 1. The number of amides is 1. The van der Waals surface area contributed by atoms with Crippen LogP contribution >= 0.6 is 0 Å². The van der Waals surface area contributed by atoms with Crippen molar-refractivity contribution < 1.29 is 23.9 Å². The molecule has 1 aliphatic heterocycles. The smallest absolute Gasteiger partial charge is 0.311 e. The molecular weight excluding hydrogens is 358 g/mol. The van der Waals surface area contributed by atoms with Gasteiger partial charge in [0, 0.05) is 24.2 Å². The molecule has 146 valence electrons. The van der Waals surface area contributed by atoms with Crippen LogP contribution in [0.3, 0.4) is 0 Å². The summed E-state index contributed by atoms with van der Waals surface area (Å²) in [6.07, 6.45) is 0.0742. The highest BCUT2D eigenvalue weighted by Crippen LogP contribution is 2.27. The van der Waals surface area contributed by atoms with Crippen LogP contribution in [0.1, 0.15) is 29.3 Å². The van der Waals surface area contributed by atoms with Crippen LogP contribution < -0.4 is 9.64 Å². The van der Waals surface area contributed by atoms with Gasteiger partial charge in [-0.2, -0.15) is 0 Å². The predicted octanol–water partition coefficient (Wildman–Crippen LogP) is 3.17. The number of ketones is 1. The predicted molar refractivity (Wildman–Crippen MR) is 105 cm³/mol. The fraction of sp³-hybridized carbons (Fsp3) is 0.318. The number of hydrogen-bond acceptors (Lipinski definition) is 5. The molecule has 28 heavy (non-hydrogen) atoms. The summed E-state index contributed by atoms with van der Waals surface area (Å²) < 4.78 is 10.6. The SMILES string of the molecule is CCOc1ccc(N2C[C@H](C(=O)OCC(=O)c3ccc(C)cc3)CC2=O)cc1. The fourth-order valence-electron chi connectivity index (χ4n) is 3.08. The lowest BCUT2D eigenvalue weighted by Gasteiger charge is -2.17. The Balaban J connectivity index is 1.56. The number of ether oxygens (including phenoxy) is 2. The summed E-state index contributed by atoms with van der Waals surface area (Å²) in [6.45, 7) is 4.32. The second kappa shape index (κ2) is 8.69. The van der Waals surface area contributed by atoms with Crippen molar-refractivity contribution in [1.29, 1.82) is 0 Å². The summed E-state index contributed by atoms with van der Waals surface area (Å²) in [5.41, 5.74) is 2.25. The van der Waals surface area contributed by atoms with Gasteiger partial charge in [0.2, 0.25) is 5.91 Å². The molecule has 2 aromatic rings. The maximum atomic E-state index is 12.3. The largest absolute Gasteiger partial charge is 0.494 e. The Morgan fingerprint density at radius 3 is 2.39 bits per heavy atom. The van der Waals surface area contributed by atoms with E-state index in [1.54, 1.807) is 41.3 Å². The zero-order chi connectivity index (χ0) is 20.1. The topological polar surface area (TPSA) is 72.9 Å². The highest BCUT2D eigenvalue weighted by Gasteiger charge is 2.36. The third-order valence-electron chi connectivity index (χ3n) is 4.64. The van der Waals surface area contributed by atoms with E-state index in [1.165, 1.54) is 0 Å². The second-order valence-electron chi connectivity index (χ2n) is 6.73. The molecule has 0 spiro atoms. The van der Waals surface area contributed by atoms with Gasteiger partial charge in [-0.1, -0.05) is 29.8 Å². The van der Waals surface area contributed by atoms with E-state index in [1.807, 2.05) is 26.0 Å². The number of nitrogens with zero attached hydrogens (tertiary/aromatic N) is 1. The Hall–Kier alpha value is -3.15. The van der Waals surface area contributed by atoms with Crippen LogP contribution in [0.5, 0.6) is 5.75 Å². The van der Waals surface area contributed by atoms with Crippen LogP contribution in [-0.4, -0.2) is 37.4 Å². The maximum absolute atomic E-state index is 12.3. The minimum Gasteiger partial charge on any atom is -0.494 e. The molecule has 1 saturated heterocycles. The van der Waals surface area contributed by atoms with Crippen molar-refractivity contribution in [2.24, 2.45) is 5.92 Å². The Morgan fingerprint density at radius 2 is 1.75 bits per heavy atom. The average Bonchev–Trinajstić information content (AvgIpc) is 3.09. The molecule has 1 heterocycles. The van der Waals surface area contributed by atoms with Gasteiger partial charge in [0.1, 0.15) is 5.75 Å². The monoisotopic (exact) mass is 381 g/mol.